The highest BCUT2D eigenvalue weighted by Crippen LogP contribution is 2.30. The number of amides is 2. The van der Waals surface area contributed by atoms with E-state index in [1.54, 1.807) is 16.9 Å². The van der Waals surface area contributed by atoms with Crippen LogP contribution >= 0.6 is 0 Å². The lowest BCUT2D eigenvalue weighted by Gasteiger charge is -2.26. The molecule has 7 heteroatoms. The molecule has 25 heavy (non-hydrogen) atoms. The van der Waals surface area contributed by atoms with Gasteiger partial charge in [-0.15, -0.1) is 0 Å². The van der Waals surface area contributed by atoms with Crippen molar-refractivity contribution in [1.29, 1.82) is 5.26 Å². The molecule has 1 fully saturated rings. The Kier molecular flexibility index (Phi) is 5.31. The molecule has 7 nitrogen and oxygen atoms in total. The Balaban J connectivity index is 1.60. The second-order valence-corrected chi connectivity index (χ2v) is 6.20. The lowest BCUT2D eigenvalue weighted by molar-refractivity contribution is 0.240. The topological polar surface area (TPSA) is 86.0 Å². The molecule has 0 spiro atoms. The Morgan fingerprint density at radius 1 is 1.36 bits per heavy atom. The number of nitriles is 1. The van der Waals surface area contributed by atoms with Gasteiger partial charge in [0.05, 0.1) is 31.1 Å². The number of hydrogen-bond donors (Lipinski definition) is 2. The van der Waals surface area contributed by atoms with Crippen LogP contribution in [0, 0.1) is 11.3 Å². The standard InChI is InChI=1S/C18H22N6O/c1-23-12-8-15(17(23)14-6-3-2-4-7-14)20-18(25)21-16-9-13-24(22-16)11-5-10-19/h2-4,6-7,9,13,15,17H,5,8,11-12H2,1H3,(H2,20,21,22,25)/t15-,17+/m0/s1. The summed E-state index contributed by atoms with van der Waals surface area (Å²) in [5.74, 6) is 0.484. The first-order chi connectivity index (χ1) is 12.2. The molecular formula is C18H22N6O. The van der Waals surface area contributed by atoms with Crippen molar-refractivity contribution in [3.63, 3.8) is 0 Å². The third kappa shape index (κ3) is 4.17. The van der Waals surface area contributed by atoms with E-state index in [1.807, 2.05) is 18.2 Å². The number of benzene rings is 1. The van der Waals surface area contributed by atoms with Crippen LogP contribution in [-0.2, 0) is 6.54 Å². The number of likely N-dealkylation sites (tertiary alicyclic amines) is 1. The van der Waals surface area contributed by atoms with Crippen LogP contribution in [0.1, 0.15) is 24.4 Å². The number of urea groups is 1. The van der Waals surface area contributed by atoms with E-state index < -0.39 is 0 Å². The van der Waals surface area contributed by atoms with Gasteiger partial charge in [-0.1, -0.05) is 30.3 Å². The molecule has 2 atom stereocenters. The number of aryl methyl sites for hydroxylation is 1. The number of nitrogens with one attached hydrogen (secondary N) is 2. The lowest BCUT2D eigenvalue weighted by atomic mass is 10.0. The van der Waals surface area contributed by atoms with Gasteiger partial charge in [0.2, 0.25) is 0 Å². The van der Waals surface area contributed by atoms with Crippen molar-refractivity contribution >= 4 is 11.8 Å². The molecule has 2 N–H and O–H groups in total. The number of anilines is 1. The Hall–Kier alpha value is -2.85. The predicted molar refractivity (Wildman–Crippen MR) is 94.8 cm³/mol. The first-order valence-electron chi connectivity index (χ1n) is 8.40. The fraction of sp³-hybridized carbons (Fsp3) is 0.389. The van der Waals surface area contributed by atoms with Crippen LogP contribution in [0.4, 0.5) is 10.6 Å². The number of rotatable bonds is 5. The molecule has 0 bridgehead atoms. The van der Waals surface area contributed by atoms with Crippen molar-refractivity contribution < 1.29 is 4.79 Å². The zero-order chi connectivity index (χ0) is 17.6. The fourth-order valence-corrected chi connectivity index (χ4v) is 3.27. The minimum absolute atomic E-state index is 0.0491. The molecule has 0 radical (unpaired) electrons. The fourth-order valence-electron chi connectivity index (χ4n) is 3.27. The van der Waals surface area contributed by atoms with Crippen LogP contribution in [0.5, 0.6) is 0 Å². The Bertz CT molecular complexity index is 750. The van der Waals surface area contributed by atoms with Gasteiger partial charge in [0.1, 0.15) is 0 Å². The zero-order valence-electron chi connectivity index (χ0n) is 14.2. The molecule has 1 aromatic carbocycles. The molecular weight excluding hydrogens is 316 g/mol. The van der Waals surface area contributed by atoms with Crippen molar-refractivity contribution in [3.05, 3.63) is 48.2 Å². The monoisotopic (exact) mass is 338 g/mol. The summed E-state index contributed by atoms with van der Waals surface area (Å²) >= 11 is 0. The van der Waals surface area contributed by atoms with Crippen molar-refractivity contribution in [2.24, 2.45) is 0 Å². The molecule has 2 heterocycles. The summed E-state index contributed by atoms with van der Waals surface area (Å²) in [5, 5.41) is 18.7. The van der Waals surface area contributed by atoms with Gasteiger partial charge in [-0.05, 0) is 19.0 Å². The maximum absolute atomic E-state index is 12.3. The average Bonchev–Trinajstić information content (AvgIpc) is 3.20. The SMILES string of the molecule is CN1CC[C@H](NC(=O)Nc2ccn(CCC#N)n2)[C@H]1c1ccccc1. The van der Waals surface area contributed by atoms with Crippen LogP contribution < -0.4 is 10.6 Å². The highest BCUT2D eigenvalue weighted by molar-refractivity contribution is 5.88. The van der Waals surface area contributed by atoms with Crippen LogP contribution in [0.25, 0.3) is 0 Å². The molecule has 2 amide bonds. The van der Waals surface area contributed by atoms with Crippen LogP contribution in [0.15, 0.2) is 42.6 Å². The third-order valence-corrected chi connectivity index (χ3v) is 4.44. The van der Waals surface area contributed by atoms with Gasteiger partial charge in [0, 0.05) is 18.8 Å². The summed E-state index contributed by atoms with van der Waals surface area (Å²) in [6, 6.07) is 14.0. The van der Waals surface area contributed by atoms with Crippen LogP contribution in [0.2, 0.25) is 0 Å². The normalized spacial score (nSPS) is 20.2. The van der Waals surface area contributed by atoms with E-state index >= 15 is 0 Å². The summed E-state index contributed by atoms with van der Waals surface area (Å²) < 4.78 is 1.65. The number of hydrogen-bond acceptors (Lipinski definition) is 4. The average molecular weight is 338 g/mol. The van der Waals surface area contributed by atoms with E-state index in [2.05, 4.69) is 45.9 Å². The molecule has 0 saturated carbocycles. The molecule has 1 saturated heterocycles. The minimum atomic E-state index is -0.258. The molecule has 130 valence electrons. The number of carbonyl (C=O) groups excluding carboxylic acids is 1. The van der Waals surface area contributed by atoms with E-state index in [0.29, 0.717) is 18.8 Å². The van der Waals surface area contributed by atoms with Crippen molar-refractivity contribution in [1.82, 2.24) is 20.0 Å². The summed E-state index contributed by atoms with van der Waals surface area (Å²) in [5.41, 5.74) is 1.20. The molecule has 3 rings (SSSR count). The largest absolute Gasteiger partial charge is 0.333 e. The van der Waals surface area contributed by atoms with Gasteiger partial charge < -0.3 is 5.32 Å². The van der Waals surface area contributed by atoms with Gasteiger partial charge >= 0.3 is 6.03 Å². The maximum Gasteiger partial charge on any atom is 0.320 e. The van der Waals surface area contributed by atoms with Gasteiger partial charge in [-0.3, -0.25) is 14.9 Å². The summed E-state index contributed by atoms with van der Waals surface area (Å²) in [7, 11) is 2.08. The highest BCUT2D eigenvalue weighted by atomic mass is 16.2. The van der Waals surface area contributed by atoms with E-state index in [4.69, 9.17) is 5.26 Å². The summed E-state index contributed by atoms with van der Waals surface area (Å²) in [6.45, 7) is 1.45. The van der Waals surface area contributed by atoms with E-state index in [1.165, 1.54) is 5.56 Å². The number of nitrogens with zero attached hydrogens (tertiary/aromatic N) is 4. The first-order valence-corrected chi connectivity index (χ1v) is 8.40. The quantitative estimate of drug-likeness (QED) is 0.876. The van der Waals surface area contributed by atoms with E-state index in [9.17, 15) is 4.79 Å². The minimum Gasteiger partial charge on any atom is -0.333 e. The van der Waals surface area contributed by atoms with Gasteiger partial charge in [0.15, 0.2) is 5.82 Å². The zero-order valence-corrected chi connectivity index (χ0v) is 14.2. The molecule has 0 unspecified atom stereocenters. The van der Waals surface area contributed by atoms with E-state index in [0.717, 1.165) is 13.0 Å². The molecule has 1 aromatic heterocycles. The Labute approximate surface area is 147 Å². The van der Waals surface area contributed by atoms with Crippen molar-refractivity contribution in [2.45, 2.75) is 31.5 Å². The van der Waals surface area contributed by atoms with Crippen molar-refractivity contribution in [3.8, 4) is 6.07 Å². The number of carbonyl (C=O) groups is 1. The van der Waals surface area contributed by atoms with Gasteiger partial charge in [0.25, 0.3) is 0 Å². The summed E-state index contributed by atoms with van der Waals surface area (Å²) in [4.78, 5) is 14.6. The Morgan fingerprint density at radius 3 is 2.92 bits per heavy atom. The van der Waals surface area contributed by atoms with Gasteiger partial charge in [-0.2, -0.15) is 10.4 Å². The maximum atomic E-state index is 12.3. The number of likely N-dealkylation sites (N-methyl/N-ethyl adjacent to an activating group) is 1. The second-order valence-electron chi connectivity index (χ2n) is 6.20. The molecule has 1 aliphatic rings. The first kappa shape index (κ1) is 17.0. The van der Waals surface area contributed by atoms with Gasteiger partial charge in [-0.25, -0.2) is 4.79 Å². The highest BCUT2D eigenvalue weighted by Gasteiger charge is 2.33. The predicted octanol–water partition coefficient (Wildman–Crippen LogP) is 2.36. The molecule has 2 aromatic rings. The Morgan fingerprint density at radius 2 is 2.16 bits per heavy atom. The third-order valence-electron chi connectivity index (χ3n) is 4.44. The van der Waals surface area contributed by atoms with Crippen LogP contribution in [0.3, 0.4) is 0 Å². The lowest BCUT2D eigenvalue weighted by Crippen LogP contribution is -2.41. The van der Waals surface area contributed by atoms with Crippen molar-refractivity contribution in [2.75, 3.05) is 18.9 Å². The summed E-state index contributed by atoms with van der Waals surface area (Å²) in [6.07, 6.45) is 3.05. The number of aromatic nitrogens is 2. The molecule has 1 aliphatic heterocycles. The van der Waals surface area contributed by atoms with E-state index in [-0.39, 0.29) is 18.1 Å². The smallest absolute Gasteiger partial charge is 0.320 e. The molecule has 0 aliphatic carbocycles. The second kappa shape index (κ2) is 7.81. The van der Waals surface area contributed by atoms with Crippen LogP contribution in [-0.4, -0.2) is 40.3 Å².